The van der Waals surface area contributed by atoms with E-state index in [0.717, 1.165) is 16.5 Å². The van der Waals surface area contributed by atoms with Crippen molar-refractivity contribution < 1.29 is 14.2 Å². The molecule has 0 aliphatic heterocycles. The highest BCUT2D eigenvalue weighted by Crippen LogP contribution is 2.43. The molecule has 6 nitrogen and oxygen atoms in total. The maximum absolute atomic E-state index is 6.67. The van der Waals surface area contributed by atoms with Crippen LogP contribution < -0.4 is 14.2 Å². The lowest BCUT2D eigenvalue weighted by Crippen LogP contribution is -2.04. The predicted octanol–water partition coefficient (Wildman–Crippen LogP) is 5.18. The number of thioether (sulfide) groups is 1. The number of hydrogen-bond acceptors (Lipinski definition) is 7. The Labute approximate surface area is 179 Å². The molecule has 0 atom stereocenters. The standard InChI is InChI=1S/C21H22ClN3O3S/c1-11-15(26-2)8-16(27-3)18(22)17(11)14-7-13-9-23-21(29-4)25-19(13)20(24-14)28-10-12-5-6-12/h7-9,12H,5-6,10H2,1-4H3. The number of rotatable bonds is 7. The van der Waals surface area contributed by atoms with Gasteiger partial charge in [-0.2, -0.15) is 0 Å². The van der Waals surface area contributed by atoms with Crippen molar-refractivity contribution in [1.29, 1.82) is 0 Å². The van der Waals surface area contributed by atoms with Gasteiger partial charge in [-0.05, 0) is 38.0 Å². The van der Waals surface area contributed by atoms with Crippen molar-refractivity contribution in [3.8, 4) is 28.6 Å². The Kier molecular flexibility index (Phi) is 5.69. The van der Waals surface area contributed by atoms with Crippen molar-refractivity contribution in [2.24, 2.45) is 5.92 Å². The molecular weight excluding hydrogens is 410 g/mol. The van der Waals surface area contributed by atoms with Gasteiger partial charge in [-0.1, -0.05) is 23.4 Å². The minimum Gasteiger partial charge on any atom is -0.496 e. The molecule has 0 amide bonds. The van der Waals surface area contributed by atoms with Gasteiger partial charge in [-0.3, -0.25) is 0 Å². The first kappa shape index (κ1) is 20.0. The van der Waals surface area contributed by atoms with Crippen LogP contribution in [0.5, 0.6) is 17.4 Å². The van der Waals surface area contributed by atoms with Gasteiger partial charge < -0.3 is 14.2 Å². The third-order valence-corrected chi connectivity index (χ3v) is 5.92. The number of halogens is 1. The summed E-state index contributed by atoms with van der Waals surface area (Å²) in [5, 5.41) is 2.00. The van der Waals surface area contributed by atoms with E-state index < -0.39 is 0 Å². The van der Waals surface area contributed by atoms with Crippen LogP contribution in [0.1, 0.15) is 18.4 Å². The number of pyridine rings is 1. The minimum atomic E-state index is 0.479. The van der Waals surface area contributed by atoms with Gasteiger partial charge >= 0.3 is 0 Å². The number of hydrogen-bond donors (Lipinski definition) is 0. The molecule has 0 spiro atoms. The molecule has 0 N–H and O–H groups in total. The average Bonchev–Trinajstić information content (AvgIpc) is 3.56. The van der Waals surface area contributed by atoms with Crippen LogP contribution in [0.4, 0.5) is 0 Å². The van der Waals surface area contributed by atoms with Crippen molar-refractivity contribution >= 4 is 34.3 Å². The lowest BCUT2D eigenvalue weighted by molar-refractivity contribution is 0.292. The van der Waals surface area contributed by atoms with Crippen LogP contribution in [0, 0.1) is 12.8 Å². The highest BCUT2D eigenvalue weighted by atomic mass is 35.5. The van der Waals surface area contributed by atoms with Crippen molar-refractivity contribution in [2.75, 3.05) is 27.1 Å². The highest BCUT2D eigenvalue weighted by Gasteiger charge is 2.24. The fraction of sp³-hybridized carbons (Fsp3) is 0.381. The van der Waals surface area contributed by atoms with E-state index in [4.69, 9.17) is 30.8 Å². The van der Waals surface area contributed by atoms with E-state index in [0.29, 0.717) is 51.3 Å². The molecule has 2 heterocycles. The summed E-state index contributed by atoms with van der Waals surface area (Å²) in [6, 6.07) is 3.71. The molecule has 8 heteroatoms. The molecule has 0 unspecified atom stereocenters. The van der Waals surface area contributed by atoms with E-state index >= 15 is 0 Å². The molecule has 3 aromatic rings. The number of nitrogens with zero attached hydrogens (tertiary/aromatic N) is 3. The number of aromatic nitrogens is 3. The van der Waals surface area contributed by atoms with Crippen LogP contribution in [0.25, 0.3) is 22.2 Å². The zero-order chi connectivity index (χ0) is 20.5. The maximum Gasteiger partial charge on any atom is 0.241 e. The quantitative estimate of drug-likeness (QED) is 0.377. The summed E-state index contributed by atoms with van der Waals surface area (Å²) in [6.45, 7) is 2.59. The first-order valence-electron chi connectivity index (χ1n) is 9.31. The molecule has 1 aromatic carbocycles. The first-order chi connectivity index (χ1) is 14.0. The topological polar surface area (TPSA) is 66.4 Å². The van der Waals surface area contributed by atoms with Gasteiger partial charge in [0.15, 0.2) is 5.16 Å². The predicted molar refractivity (Wildman–Crippen MR) is 116 cm³/mol. The van der Waals surface area contributed by atoms with Crippen molar-refractivity contribution in [3.05, 3.63) is 28.9 Å². The number of benzene rings is 1. The number of methoxy groups -OCH3 is 2. The van der Waals surface area contributed by atoms with E-state index in [-0.39, 0.29) is 0 Å². The Bertz CT molecular complexity index is 1040. The second-order valence-electron chi connectivity index (χ2n) is 6.96. The summed E-state index contributed by atoms with van der Waals surface area (Å²) >= 11 is 8.16. The fourth-order valence-electron chi connectivity index (χ4n) is 3.17. The molecule has 0 radical (unpaired) electrons. The fourth-order valence-corrected chi connectivity index (χ4v) is 3.88. The van der Waals surface area contributed by atoms with E-state index in [1.165, 1.54) is 24.6 Å². The smallest absolute Gasteiger partial charge is 0.241 e. The third-order valence-electron chi connectivity index (χ3n) is 4.99. The average molecular weight is 432 g/mol. The molecule has 2 aromatic heterocycles. The lowest BCUT2D eigenvalue weighted by Gasteiger charge is -2.17. The van der Waals surface area contributed by atoms with Crippen LogP contribution in [0.15, 0.2) is 23.5 Å². The monoisotopic (exact) mass is 431 g/mol. The molecule has 4 rings (SSSR count). The molecule has 0 bridgehead atoms. The van der Waals surface area contributed by atoms with Gasteiger partial charge in [0, 0.05) is 28.8 Å². The van der Waals surface area contributed by atoms with Gasteiger partial charge in [-0.25, -0.2) is 15.0 Å². The maximum atomic E-state index is 6.67. The van der Waals surface area contributed by atoms with Crippen LogP contribution >= 0.6 is 23.4 Å². The molecule has 1 aliphatic rings. The first-order valence-corrected chi connectivity index (χ1v) is 10.9. The Balaban J connectivity index is 1.92. The summed E-state index contributed by atoms with van der Waals surface area (Å²) in [4.78, 5) is 13.8. The van der Waals surface area contributed by atoms with E-state index in [2.05, 4.69) is 9.97 Å². The van der Waals surface area contributed by atoms with Gasteiger partial charge in [0.05, 0.1) is 31.5 Å². The van der Waals surface area contributed by atoms with Crippen LogP contribution in [0.2, 0.25) is 5.02 Å². The molecule has 29 heavy (non-hydrogen) atoms. The van der Waals surface area contributed by atoms with E-state index in [9.17, 15) is 0 Å². The van der Waals surface area contributed by atoms with Gasteiger partial charge in [0.25, 0.3) is 0 Å². The molecule has 1 fully saturated rings. The number of fused-ring (bicyclic) bond motifs is 1. The van der Waals surface area contributed by atoms with E-state index in [1.54, 1.807) is 26.5 Å². The minimum absolute atomic E-state index is 0.479. The zero-order valence-electron chi connectivity index (χ0n) is 16.8. The van der Waals surface area contributed by atoms with Gasteiger partial charge in [0.1, 0.15) is 17.0 Å². The summed E-state index contributed by atoms with van der Waals surface area (Å²) in [7, 11) is 3.20. The van der Waals surface area contributed by atoms with Gasteiger partial charge in [0.2, 0.25) is 5.88 Å². The SMILES string of the molecule is COc1cc(OC)c(Cl)c(-c2cc3cnc(SC)nc3c(OCC3CC3)n2)c1C. The summed E-state index contributed by atoms with van der Waals surface area (Å²) in [6.07, 6.45) is 6.13. The summed E-state index contributed by atoms with van der Waals surface area (Å²) in [5.41, 5.74) is 3.00. The van der Waals surface area contributed by atoms with Crippen molar-refractivity contribution in [2.45, 2.75) is 24.9 Å². The summed E-state index contributed by atoms with van der Waals surface area (Å²) < 4.78 is 17.0. The molecule has 0 saturated heterocycles. The van der Waals surface area contributed by atoms with Crippen LogP contribution in [0.3, 0.4) is 0 Å². The van der Waals surface area contributed by atoms with Gasteiger partial charge in [-0.15, -0.1) is 0 Å². The molecule has 152 valence electrons. The normalized spacial score (nSPS) is 13.6. The Hall–Kier alpha value is -2.25. The second kappa shape index (κ2) is 8.24. The largest absolute Gasteiger partial charge is 0.496 e. The Morgan fingerprint density at radius 2 is 1.90 bits per heavy atom. The van der Waals surface area contributed by atoms with E-state index in [1.807, 2.05) is 19.2 Å². The highest BCUT2D eigenvalue weighted by molar-refractivity contribution is 7.98. The van der Waals surface area contributed by atoms with Crippen LogP contribution in [-0.4, -0.2) is 42.0 Å². The molecule has 1 aliphatic carbocycles. The number of ether oxygens (including phenoxy) is 3. The Morgan fingerprint density at radius 1 is 1.14 bits per heavy atom. The van der Waals surface area contributed by atoms with Crippen molar-refractivity contribution in [3.63, 3.8) is 0 Å². The molecular formula is C21H22ClN3O3S. The molecule has 1 saturated carbocycles. The Morgan fingerprint density at radius 3 is 2.55 bits per heavy atom. The second-order valence-corrected chi connectivity index (χ2v) is 8.11. The summed E-state index contributed by atoms with van der Waals surface area (Å²) in [5.74, 6) is 2.30. The van der Waals surface area contributed by atoms with Crippen molar-refractivity contribution in [1.82, 2.24) is 15.0 Å². The van der Waals surface area contributed by atoms with Crippen LogP contribution in [-0.2, 0) is 0 Å². The lowest BCUT2D eigenvalue weighted by atomic mass is 10.0. The zero-order valence-corrected chi connectivity index (χ0v) is 18.4. The third kappa shape index (κ3) is 3.94.